The monoisotopic (exact) mass is 275 g/mol. The van der Waals surface area contributed by atoms with Crippen LogP contribution in [0.1, 0.15) is 44.9 Å². The summed E-state index contributed by atoms with van der Waals surface area (Å²) in [7, 11) is 0. The Kier molecular flexibility index (Phi) is 7.97. The summed E-state index contributed by atoms with van der Waals surface area (Å²) < 4.78 is 0. The minimum atomic E-state index is 0.858. The Morgan fingerprint density at radius 2 is 2.05 bits per heavy atom. The van der Waals surface area contributed by atoms with E-state index in [2.05, 4.69) is 49.7 Å². The number of hydrogen-bond donors (Lipinski definition) is 1. The molecule has 0 aromatic carbocycles. The molecule has 0 saturated carbocycles. The summed E-state index contributed by atoms with van der Waals surface area (Å²) >= 11 is 0. The first-order valence-electron chi connectivity index (χ1n) is 7.81. The molecule has 0 spiro atoms. The van der Waals surface area contributed by atoms with Crippen molar-refractivity contribution in [3.63, 3.8) is 0 Å². The second-order valence-electron chi connectivity index (χ2n) is 5.09. The molecule has 1 aromatic heterocycles. The number of rotatable bonds is 10. The third kappa shape index (κ3) is 5.33. The van der Waals surface area contributed by atoms with Gasteiger partial charge in [-0.1, -0.05) is 33.3 Å². The largest absolute Gasteiger partial charge is 0.353 e. The number of nitrogens with one attached hydrogen (secondary N) is 1. The van der Waals surface area contributed by atoms with Crippen LogP contribution in [-0.2, 0) is 13.0 Å². The number of aromatic nitrogens is 1. The van der Waals surface area contributed by atoms with Crippen LogP contribution in [0.4, 0.5) is 5.82 Å². The first kappa shape index (κ1) is 16.7. The van der Waals surface area contributed by atoms with E-state index >= 15 is 0 Å². The minimum absolute atomic E-state index is 0.858. The van der Waals surface area contributed by atoms with Crippen LogP contribution >= 0.6 is 0 Å². The van der Waals surface area contributed by atoms with E-state index in [0.717, 1.165) is 51.3 Å². The van der Waals surface area contributed by atoms with Gasteiger partial charge in [0, 0.05) is 25.3 Å². The van der Waals surface area contributed by atoms with Crippen molar-refractivity contribution in [1.82, 2.24) is 10.3 Å². The summed E-state index contributed by atoms with van der Waals surface area (Å²) in [5.41, 5.74) is 2.52. The second kappa shape index (κ2) is 9.54. The summed E-state index contributed by atoms with van der Waals surface area (Å²) in [6.07, 6.45) is 5.25. The molecule has 0 aliphatic rings. The SMILES string of the molecule is C=CCN(CCC)c1cc(CNCC)cc(CCC)n1. The Bertz CT molecular complexity index is 401. The van der Waals surface area contributed by atoms with Crippen molar-refractivity contribution < 1.29 is 0 Å². The molecule has 0 radical (unpaired) electrons. The molecule has 0 aliphatic carbocycles. The third-order valence-corrected chi connectivity index (χ3v) is 3.18. The van der Waals surface area contributed by atoms with Gasteiger partial charge in [0.25, 0.3) is 0 Å². The van der Waals surface area contributed by atoms with Crippen molar-refractivity contribution in [3.8, 4) is 0 Å². The van der Waals surface area contributed by atoms with Gasteiger partial charge in [-0.15, -0.1) is 6.58 Å². The molecule has 1 rings (SSSR count). The molecule has 20 heavy (non-hydrogen) atoms. The quantitative estimate of drug-likeness (QED) is 0.662. The van der Waals surface area contributed by atoms with Gasteiger partial charge in [0.1, 0.15) is 5.82 Å². The molecule has 0 amide bonds. The molecule has 0 bridgehead atoms. The highest BCUT2D eigenvalue weighted by Gasteiger charge is 2.09. The summed E-state index contributed by atoms with van der Waals surface area (Å²) in [4.78, 5) is 7.13. The van der Waals surface area contributed by atoms with Gasteiger partial charge in [0.15, 0.2) is 0 Å². The van der Waals surface area contributed by atoms with Gasteiger partial charge in [0.05, 0.1) is 0 Å². The average Bonchev–Trinajstić information content (AvgIpc) is 2.45. The smallest absolute Gasteiger partial charge is 0.129 e. The maximum Gasteiger partial charge on any atom is 0.129 e. The highest BCUT2D eigenvalue weighted by molar-refractivity contribution is 5.43. The molecule has 1 heterocycles. The van der Waals surface area contributed by atoms with E-state index in [0.29, 0.717) is 0 Å². The van der Waals surface area contributed by atoms with Crippen molar-refractivity contribution >= 4 is 5.82 Å². The summed E-state index contributed by atoms with van der Waals surface area (Å²) in [6.45, 7) is 14.2. The van der Waals surface area contributed by atoms with Gasteiger partial charge in [-0.2, -0.15) is 0 Å². The van der Waals surface area contributed by atoms with E-state index in [9.17, 15) is 0 Å². The molecule has 112 valence electrons. The zero-order valence-electron chi connectivity index (χ0n) is 13.3. The fourth-order valence-corrected chi connectivity index (χ4v) is 2.28. The zero-order chi connectivity index (χ0) is 14.8. The van der Waals surface area contributed by atoms with Crippen molar-refractivity contribution in [2.45, 2.75) is 46.6 Å². The number of aryl methyl sites for hydroxylation is 1. The molecular formula is C17H29N3. The molecule has 1 aromatic rings. The highest BCUT2D eigenvalue weighted by Crippen LogP contribution is 2.17. The van der Waals surface area contributed by atoms with Crippen molar-refractivity contribution in [2.75, 3.05) is 24.5 Å². The fourth-order valence-electron chi connectivity index (χ4n) is 2.28. The number of anilines is 1. The van der Waals surface area contributed by atoms with E-state index in [1.54, 1.807) is 0 Å². The van der Waals surface area contributed by atoms with E-state index in [-0.39, 0.29) is 0 Å². The second-order valence-corrected chi connectivity index (χ2v) is 5.09. The molecule has 0 atom stereocenters. The average molecular weight is 275 g/mol. The Hall–Kier alpha value is -1.35. The Balaban J connectivity index is 3.00. The van der Waals surface area contributed by atoms with Crippen LogP contribution in [0, 0.1) is 0 Å². The van der Waals surface area contributed by atoms with Crippen LogP contribution in [0.25, 0.3) is 0 Å². The van der Waals surface area contributed by atoms with E-state index in [1.165, 1.54) is 11.3 Å². The normalized spacial score (nSPS) is 10.6. The van der Waals surface area contributed by atoms with E-state index in [1.807, 2.05) is 6.08 Å². The molecule has 0 unspecified atom stereocenters. The standard InChI is InChI=1S/C17H29N3/c1-5-9-16-12-15(14-18-8-4)13-17(19-16)20(10-6-2)11-7-3/h6,12-13,18H,2,5,7-11,14H2,1,3-4H3. The van der Waals surface area contributed by atoms with Crippen molar-refractivity contribution in [3.05, 3.63) is 36.0 Å². The van der Waals surface area contributed by atoms with Gasteiger partial charge >= 0.3 is 0 Å². The van der Waals surface area contributed by atoms with E-state index in [4.69, 9.17) is 4.98 Å². The number of hydrogen-bond acceptors (Lipinski definition) is 3. The topological polar surface area (TPSA) is 28.2 Å². The molecule has 0 saturated heterocycles. The molecule has 1 N–H and O–H groups in total. The maximum atomic E-state index is 4.82. The zero-order valence-corrected chi connectivity index (χ0v) is 13.3. The maximum absolute atomic E-state index is 4.82. The lowest BCUT2D eigenvalue weighted by molar-refractivity contribution is 0.720. The summed E-state index contributed by atoms with van der Waals surface area (Å²) in [6, 6.07) is 4.44. The molecule has 0 fully saturated rings. The van der Waals surface area contributed by atoms with Gasteiger partial charge in [-0.3, -0.25) is 0 Å². The van der Waals surface area contributed by atoms with Crippen LogP contribution in [0.15, 0.2) is 24.8 Å². The molecule has 3 nitrogen and oxygen atoms in total. The van der Waals surface area contributed by atoms with Gasteiger partial charge in [-0.25, -0.2) is 4.98 Å². The summed E-state index contributed by atoms with van der Waals surface area (Å²) in [5.74, 6) is 1.09. The fraction of sp³-hybridized carbons (Fsp3) is 0.588. The lowest BCUT2D eigenvalue weighted by Crippen LogP contribution is -2.26. The lowest BCUT2D eigenvalue weighted by atomic mass is 10.1. The van der Waals surface area contributed by atoms with Gasteiger partial charge < -0.3 is 10.2 Å². The van der Waals surface area contributed by atoms with Crippen molar-refractivity contribution in [1.29, 1.82) is 0 Å². The minimum Gasteiger partial charge on any atom is -0.353 e. The highest BCUT2D eigenvalue weighted by atomic mass is 15.2. The molecule has 3 heteroatoms. The van der Waals surface area contributed by atoms with Crippen LogP contribution < -0.4 is 10.2 Å². The first-order valence-corrected chi connectivity index (χ1v) is 7.81. The Labute approximate surface area is 124 Å². The number of nitrogens with zero attached hydrogens (tertiary/aromatic N) is 2. The molecule has 0 aliphatic heterocycles. The van der Waals surface area contributed by atoms with Crippen LogP contribution in [0.3, 0.4) is 0 Å². The van der Waals surface area contributed by atoms with Gasteiger partial charge in [0.2, 0.25) is 0 Å². The van der Waals surface area contributed by atoms with Crippen molar-refractivity contribution in [2.24, 2.45) is 0 Å². The van der Waals surface area contributed by atoms with Crippen LogP contribution in [-0.4, -0.2) is 24.6 Å². The number of pyridine rings is 1. The van der Waals surface area contributed by atoms with Crippen LogP contribution in [0.5, 0.6) is 0 Å². The Morgan fingerprint density at radius 3 is 2.65 bits per heavy atom. The first-order chi connectivity index (χ1) is 9.74. The summed E-state index contributed by atoms with van der Waals surface area (Å²) in [5, 5.41) is 3.40. The predicted octanol–water partition coefficient (Wildman–Crippen LogP) is 3.55. The predicted molar refractivity (Wildman–Crippen MR) is 88.3 cm³/mol. The third-order valence-electron chi connectivity index (χ3n) is 3.18. The van der Waals surface area contributed by atoms with Gasteiger partial charge in [-0.05, 0) is 37.1 Å². The molecular weight excluding hydrogens is 246 g/mol. The van der Waals surface area contributed by atoms with Crippen LogP contribution in [0.2, 0.25) is 0 Å². The van der Waals surface area contributed by atoms with E-state index < -0.39 is 0 Å². The lowest BCUT2D eigenvalue weighted by Gasteiger charge is -2.23. The Morgan fingerprint density at radius 1 is 1.25 bits per heavy atom.